The van der Waals surface area contributed by atoms with Crippen LogP contribution in [-0.4, -0.2) is 31.6 Å². The van der Waals surface area contributed by atoms with Crippen LogP contribution in [0.15, 0.2) is 24.3 Å². The summed E-state index contributed by atoms with van der Waals surface area (Å²) in [5.41, 5.74) is 2.83. The maximum absolute atomic E-state index is 3.50. The Morgan fingerprint density at radius 2 is 1.57 bits per heavy atom. The molecule has 0 radical (unpaired) electrons. The molecule has 0 amide bonds. The van der Waals surface area contributed by atoms with Gasteiger partial charge in [0.2, 0.25) is 0 Å². The molecule has 1 aromatic rings. The second-order valence-electron chi connectivity index (χ2n) is 7.33. The number of piperidine rings is 1. The monoisotopic (exact) mass is 288 g/mol. The Morgan fingerprint density at radius 1 is 1.05 bits per heavy atom. The minimum atomic E-state index is 0.434. The van der Waals surface area contributed by atoms with Crippen molar-refractivity contribution in [2.24, 2.45) is 11.8 Å². The summed E-state index contributed by atoms with van der Waals surface area (Å²) in [6, 6.07) is 9.60. The van der Waals surface area contributed by atoms with E-state index in [0.717, 1.165) is 18.4 Å². The lowest BCUT2D eigenvalue weighted by Gasteiger charge is -2.37. The second kappa shape index (κ2) is 7.42. The Morgan fingerprint density at radius 3 is 2.05 bits per heavy atom. The van der Waals surface area contributed by atoms with Gasteiger partial charge >= 0.3 is 0 Å². The van der Waals surface area contributed by atoms with Gasteiger partial charge in [-0.15, -0.1) is 0 Å². The van der Waals surface area contributed by atoms with Crippen molar-refractivity contribution in [1.29, 1.82) is 0 Å². The number of hydrogen-bond acceptors (Lipinski definition) is 2. The normalized spacial score (nSPS) is 25.2. The van der Waals surface area contributed by atoms with Crippen LogP contribution >= 0.6 is 0 Å². The molecule has 118 valence electrons. The molecule has 1 N–H and O–H groups in total. The lowest BCUT2D eigenvalue weighted by Crippen LogP contribution is -2.42. The summed E-state index contributed by atoms with van der Waals surface area (Å²) in [6.07, 6.45) is 1.38. The van der Waals surface area contributed by atoms with Gasteiger partial charge in [-0.2, -0.15) is 0 Å². The SMILES string of the molecule is CNC(CN1CC(C)CC(C)C1)c1ccc(C(C)C)cc1. The number of likely N-dealkylation sites (N-methyl/N-ethyl adjacent to an activating group) is 1. The Labute approximate surface area is 130 Å². The van der Waals surface area contributed by atoms with E-state index in [1.165, 1.54) is 30.6 Å². The summed E-state index contributed by atoms with van der Waals surface area (Å²) in [5, 5.41) is 3.50. The average molecular weight is 288 g/mol. The van der Waals surface area contributed by atoms with E-state index in [1.54, 1.807) is 0 Å². The van der Waals surface area contributed by atoms with Crippen LogP contribution in [0, 0.1) is 11.8 Å². The molecule has 1 saturated heterocycles. The van der Waals surface area contributed by atoms with Crippen molar-refractivity contribution in [3.8, 4) is 0 Å². The molecule has 0 bridgehead atoms. The van der Waals surface area contributed by atoms with E-state index in [-0.39, 0.29) is 0 Å². The zero-order valence-corrected chi connectivity index (χ0v) is 14.4. The Hall–Kier alpha value is -0.860. The van der Waals surface area contributed by atoms with Crippen LogP contribution in [-0.2, 0) is 0 Å². The highest BCUT2D eigenvalue weighted by molar-refractivity contribution is 5.27. The molecule has 3 unspecified atom stereocenters. The molecule has 21 heavy (non-hydrogen) atoms. The number of nitrogens with zero attached hydrogens (tertiary/aromatic N) is 1. The third-order valence-electron chi connectivity index (χ3n) is 4.74. The molecule has 2 nitrogen and oxygen atoms in total. The second-order valence-corrected chi connectivity index (χ2v) is 7.33. The van der Waals surface area contributed by atoms with Crippen molar-refractivity contribution in [3.63, 3.8) is 0 Å². The molecule has 2 heteroatoms. The van der Waals surface area contributed by atoms with Crippen LogP contribution < -0.4 is 5.32 Å². The van der Waals surface area contributed by atoms with Gasteiger partial charge in [-0.3, -0.25) is 0 Å². The lowest BCUT2D eigenvalue weighted by molar-refractivity contribution is 0.129. The van der Waals surface area contributed by atoms with Gasteiger partial charge < -0.3 is 10.2 Å². The van der Waals surface area contributed by atoms with E-state index >= 15 is 0 Å². The Kier molecular flexibility index (Phi) is 5.83. The first kappa shape index (κ1) is 16.5. The Bertz CT molecular complexity index is 414. The molecule has 0 saturated carbocycles. The van der Waals surface area contributed by atoms with Crippen LogP contribution in [0.2, 0.25) is 0 Å². The number of hydrogen-bond donors (Lipinski definition) is 1. The summed E-state index contributed by atoms with van der Waals surface area (Å²) >= 11 is 0. The predicted octanol–water partition coefficient (Wildman–Crippen LogP) is 4.05. The maximum atomic E-state index is 3.50. The molecule has 1 aliphatic rings. The first-order valence-corrected chi connectivity index (χ1v) is 8.49. The van der Waals surface area contributed by atoms with Crippen molar-refractivity contribution < 1.29 is 0 Å². The number of rotatable bonds is 5. The lowest BCUT2D eigenvalue weighted by atomic mass is 9.91. The topological polar surface area (TPSA) is 15.3 Å². The molecule has 1 aliphatic heterocycles. The van der Waals surface area contributed by atoms with Crippen LogP contribution in [0.1, 0.15) is 57.2 Å². The molecule has 1 heterocycles. The number of nitrogens with one attached hydrogen (secondary N) is 1. The Balaban J connectivity index is 2.02. The van der Waals surface area contributed by atoms with Crippen LogP contribution in [0.3, 0.4) is 0 Å². The van der Waals surface area contributed by atoms with Crippen molar-refractivity contribution in [2.45, 2.75) is 46.1 Å². The quantitative estimate of drug-likeness (QED) is 0.879. The molecule has 2 rings (SSSR count). The van der Waals surface area contributed by atoms with E-state index in [0.29, 0.717) is 12.0 Å². The van der Waals surface area contributed by atoms with E-state index in [4.69, 9.17) is 0 Å². The zero-order valence-electron chi connectivity index (χ0n) is 14.4. The number of benzene rings is 1. The molecule has 0 spiro atoms. The zero-order chi connectivity index (χ0) is 15.4. The third-order valence-corrected chi connectivity index (χ3v) is 4.74. The van der Waals surface area contributed by atoms with Gasteiger partial charge in [0.15, 0.2) is 0 Å². The molecule has 0 aromatic heterocycles. The van der Waals surface area contributed by atoms with Gasteiger partial charge in [0, 0.05) is 25.7 Å². The molecule has 3 atom stereocenters. The van der Waals surface area contributed by atoms with Crippen LogP contribution in [0.4, 0.5) is 0 Å². The van der Waals surface area contributed by atoms with Gasteiger partial charge in [0.05, 0.1) is 0 Å². The minimum absolute atomic E-state index is 0.434. The predicted molar refractivity (Wildman–Crippen MR) is 91.7 cm³/mol. The summed E-state index contributed by atoms with van der Waals surface area (Å²) < 4.78 is 0. The van der Waals surface area contributed by atoms with E-state index in [1.807, 2.05) is 0 Å². The largest absolute Gasteiger partial charge is 0.312 e. The highest BCUT2D eigenvalue weighted by Crippen LogP contribution is 2.24. The van der Waals surface area contributed by atoms with E-state index in [2.05, 4.69) is 69.2 Å². The summed E-state index contributed by atoms with van der Waals surface area (Å²) in [5.74, 6) is 2.26. The molecule has 1 aromatic carbocycles. The smallest absolute Gasteiger partial charge is 0.0446 e. The van der Waals surface area contributed by atoms with Gasteiger partial charge in [-0.1, -0.05) is 52.0 Å². The first-order chi connectivity index (χ1) is 9.99. The van der Waals surface area contributed by atoms with Crippen molar-refractivity contribution in [1.82, 2.24) is 10.2 Å². The van der Waals surface area contributed by atoms with Crippen molar-refractivity contribution in [2.75, 3.05) is 26.7 Å². The van der Waals surface area contributed by atoms with Crippen LogP contribution in [0.25, 0.3) is 0 Å². The van der Waals surface area contributed by atoms with E-state index in [9.17, 15) is 0 Å². The molecule has 0 aliphatic carbocycles. The number of likely N-dealkylation sites (tertiary alicyclic amines) is 1. The fourth-order valence-electron chi connectivity index (χ4n) is 3.68. The standard InChI is InChI=1S/C19H32N2/c1-14(2)17-6-8-18(9-7-17)19(20-5)13-21-11-15(3)10-16(4)12-21/h6-9,14-16,19-20H,10-13H2,1-5H3. The van der Waals surface area contributed by atoms with Gasteiger partial charge in [-0.05, 0) is 42.3 Å². The fourth-order valence-corrected chi connectivity index (χ4v) is 3.68. The summed E-state index contributed by atoms with van der Waals surface area (Å²) in [4.78, 5) is 2.64. The highest BCUT2D eigenvalue weighted by Gasteiger charge is 2.24. The maximum Gasteiger partial charge on any atom is 0.0446 e. The van der Waals surface area contributed by atoms with E-state index < -0.39 is 0 Å². The molecular weight excluding hydrogens is 256 g/mol. The van der Waals surface area contributed by atoms with Gasteiger partial charge in [0.1, 0.15) is 0 Å². The van der Waals surface area contributed by atoms with Crippen molar-refractivity contribution in [3.05, 3.63) is 35.4 Å². The first-order valence-electron chi connectivity index (χ1n) is 8.49. The average Bonchev–Trinajstić information content (AvgIpc) is 2.44. The fraction of sp³-hybridized carbons (Fsp3) is 0.684. The van der Waals surface area contributed by atoms with Gasteiger partial charge in [0.25, 0.3) is 0 Å². The summed E-state index contributed by atoms with van der Waals surface area (Å²) in [6.45, 7) is 12.9. The molecule has 1 fully saturated rings. The molecular formula is C19H32N2. The third kappa shape index (κ3) is 4.55. The van der Waals surface area contributed by atoms with Crippen LogP contribution in [0.5, 0.6) is 0 Å². The summed E-state index contributed by atoms with van der Waals surface area (Å²) in [7, 11) is 2.08. The minimum Gasteiger partial charge on any atom is -0.312 e. The van der Waals surface area contributed by atoms with Gasteiger partial charge in [-0.25, -0.2) is 0 Å². The van der Waals surface area contributed by atoms with Crippen molar-refractivity contribution >= 4 is 0 Å². The highest BCUT2D eigenvalue weighted by atomic mass is 15.2.